The number of aromatic amines is 1. The van der Waals surface area contributed by atoms with Crippen LogP contribution in [-0.2, 0) is 20.4 Å². The number of hydrogen-bond donors (Lipinski definition) is 3. The second-order valence-electron chi connectivity index (χ2n) is 19.2. The Morgan fingerprint density at radius 3 is 1.55 bits per heavy atom. The molecular weight excluding hydrogens is 833 g/mol. The molecule has 4 fully saturated rings. The first-order chi connectivity index (χ1) is 28.7. The van der Waals surface area contributed by atoms with Crippen molar-refractivity contribution in [1.29, 1.82) is 0 Å². The number of ketones is 1. The summed E-state index contributed by atoms with van der Waals surface area (Å²) in [5.41, 5.74) is 7.03. The van der Waals surface area contributed by atoms with E-state index in [0.29, 0.717) is 30.1 Å². The Bertz CT molecular complexity index is 2320. The number of aryl methyl sites for hydroxylation is 4. The summed E-state index contributed by atoms with van der Waals surface area (Å²) in [5, 5.41) is 11.6. The lowest BCUT2D eigenvalue weighted by Crippen LogP contribution is -2.45. The topological polar surface area (TPSA) is 123 Å². The maximum Gasteiger partial charge on any atom is 0.425 e. The summed E-state index contributed by atoms with van der Waals surface area (Å²) in [6, 6.07) is 22.7. The summed E-state index contributed by atoms with van der Waals surface area (Å²) < 4.78 is 0. The van der Waals surface area contributed by atoms with Crippen LogP contribution in [0.25, 0.3) is 21.5 Å². The number of nitrogens with two attached hydrogens (primary N) is 1. The van der Waals surface area contributed by atoms with Crippen LogP contribution < -0.4 is 10.8 Å². The molecule has 4 N–H and O–H groups in total. The van der Waals surface area contributed by atoms with Crippen LogP contribution in [0, 0.1) is 27.7 Å². The molecule has 2 aromatic carbocycles. The van der Waals surface area contributed by atoms with Gasteiger partial charge in [0.25, 0.3) is 0 Å². The van der Waals surface area contributed by atoms with E-state index in [9.17, 15) is 19.4 Å². The van der Waals surface area contributed by atoms with Crippen molar-refractivity contribution in [2.24, 2.45) is 5.84 Å². The monoisotopic (exact) mass is 897 g/mol. The van der Waals surface area contributed by atoms with Gasteiger partial charge in [0.1, 0.15) is 4.83 Å². The average Bonchev–Trinajstić information content (AvgIpc) is 4.07. The summed E-state index contributed by atoms with van der Waals surface area (Å²) >= 11 is 3.21. The number of nitrogens with one attached hydrogen (secondary N) is 1. The van der Waals surface area contributed by atoms with Crippen molar-refractivity contribution < 1.29 is 19.4 Å². The zero-order valence-electron chi connectivity index (χ0n) is 38.1. The lowest BCUT2D eigenvalue weighted by Gasteiger charge is -2.32. The van der Waals surface area contributed by atoms with Crippen LogP contribution in [0.3, 0.4) is 0 Å². The summed E-state index contributed by atoms with van der Waals surface area (Å²) in [5.74, 6) is 6.53. The predicted molar refractivity (Wildman–Crippen MR) is 261 cm³/mol. The number of carbonyl (C=O) groups is 3. The largest absolute Gasteiger partial charge is 0.432 e. The number of amides is 2. The highest BCUT2D eigenvalue weighted by Gasteiger charge is 2.48. The van der Waals surface area contributed by atoms with Gasteiger partial charge in [-0.2, -0.15) is 0 Å². The number of fused-ring (bicyclic) bond motifs is 5. The van der Waals surface area contributed by atoms with E-state index in [1.54, 1.807) is 25.1 Å². The van der Waals surface area contributed by atoms with Crippen molar-refractivity contribution in [2.75, 3.05) is 4.92 Å². The lowest BCUT2D eigenvalue weighted by molar-refractivity contribution is -0.138. The molecule has 332 valence electrons. The van der Waals surface area contributed by atoms with E-state index in [1.165, 1.54) is 64.0 Å². The molecule has 62 heavy (non-hydrogen) atoms. The molecule has 2 amide bonds. The normalized spacial score (nSPS) is 20.1. The Kier molecular flexibility index (Phi) is 14.3. The Hall–Kier alpha value is -3.94. The molecule has 0 spiro atoms. The van der Waals surface area contributed by atoms with Gasteiger partial charge in [0.05, 0.1) is 15.8 Å². The minimum absolute atomic E-state index is 0. The Labute approximate surface area is 383 Å². The van der Waals surface area contributed by atoms with E-state index in [2.05, 4.69) is 78.9 Å². The zero-order valence-corrected chi connectivity index (χ0v) is 40.6. The number of anilines is 1. The third-order valence-corrected chi connectivity index (χ3v) is 16.2. The SMILES string of the molecule is CB(O)N(N)c1ccc(C(C)(C)C(=O)N2C3CCC2CC3)s1.CC(=O)c1cc(C)cc(C)c1.Cc1cc(C)cc(-c2cc3cc(C(C)(C)C(=O)N4C5CCC4CC5)sc3[nH]2)c1.Cl. The summed E-state index contributed by atoms with van der Waals surface area (Å²) in [7, 11) is -0.750. The molecule has 0 saturated carbocycles. The van der Waals surface area contributed by atoms with Gasteiger partial charge >= 0.3 is 7.05 Å². The molecule has 4 saturated heterocycles. The number of hydrazine groups is 1. The molecular formula is C49H65BClN5O4S2. The summed E-state index contributed by atoms with van der Waals surface area (Å²) in [6.07, 6.45) is 9.38. The number of rotatable bonds is 8. The fourth-order valence-corrected chi connectivity index (χ4v) is 12.3. The van der Waals surface area contributed by atoms with E-state index >= 15 is 0 Å². The fourth-order valence-electron chi connectivity index (χ4n) is 10.0. The van der Waals surface area contributed by atoms with Crippen LogP contribution in [0.15, 0.2) is 60.7 Å². The van der Waals surface area contributed by atoms with Crippen LogP contribution in [0.2, 0.25) is 6.82 Å². The van der Waals surface area contributed by atoms with Crippen molar-refractivity contribution in [3.63, 3.8) is 0 Å². The minimum Gasteiger partial charge on any atom is -0.432 e. The summed E-state index contributed by atoms with van der Waals surface area (Å²) in [6.45, 7) is 19.7. The molecule has 0 radical (unpaired) electrons. The lowest BCUT2D eigenvalue weighted by atomic mass is 9.88. The van der Waals surface area contributed by atoms with Gasteiger partial charge in [-0.3, -0.25) is 20.2 Å². The molecule has 4 aliphatic heterocycles. The van der Waals surface area contributed by atoms with Gasteiger partial charge < -0.3 is 24.7 Å². The predicted octanol–water partition coefficient (Wildman–Crippen LogP) is 10.8. The van der Waals surface area contributed by atoms with Crippen LogP contribution in [0.4, 0.5) is 5.00 Å². The second-order valence-corrected chi connectivity index (χ2v) is 21.3. The molecule has 9 nitrogen and oxygen atoms in total. The Balaban J connectivity index is 0.000000168. The maximum absolute atomic E-state index is 13.4. The molecule has 0 unspecified atom stereocenters. The Morgan fingerprint density at radius 2 is 1.13 bits per heavy atom. The van der Waals surface area contributed by atoms with Gasteiger partial charge in [-0.25, -0.2) is 0 Å². The number of carbonyl (C=O) groups excluding carboxylic acids is 3. The number of nitrogens with zero attached hydrogens (tertiary/aromatic N) is 3. The van der Waals surface area contributed by atoms with Crippen LogP contribution >= 0.6 is 35.1 Å². The van der Waals surface area contributed by atoms with Crippen molar-refractivity contribution in [1.82, 2.24) is 14.8 Å². The number of benzene rings is 2. The van der Waals surface area contributed by atoms with Gasteiger partial charge in [0.2, 0.25) is 11.8 Å². The molecule has 0 aliphatic carbocycles. The molecule has 9 rings (SSSR count). The number of aromatic nitrogens is 1. The van der Waals surface area contributed by atoms with Gasteiger partial charge in [0, 0.05) is 50.6 Å². The van der Waals surface area contributed by atoms with Crippen molar-refractivity contribution >= 4 is 74.9 Å². The number of thiophene rings is 2. The van der Waals surface area contributed by atoms with E-state index in [-0.39, 0.29) is 24.1 Å². The highest BCUT2D eigenvalue weighted by Crippen LogP contribution is 2.45. The van der Waals surface area contributed by atoms with Crippen molar-refractivity contribution in [3.05, 3.63) is 98.2 Å². The molecule has 3 aromatic heterocycles. The number of Topliss-reactive ketones (excluding diaryl/α,β-unsaturated/α-hetero) is 1. The fraction of sp³-hybridized carbons (Fsp3) is 0.490. The first kappa shape index (κ1) is 47.5. The highest BCUT2D eigenvalue weighted by atomic mass is 35.5. The third-order valence-electron chi connectivity index (χ3n) is 13.4. The Morgan fingerprint density at radius 1 is 0.694 bits per heavy atom. The van der Waals surface area contributed by atoms with Gasteiger partial charge in [-0.15, -0.1) is 35.1 Å². The molecule has 5 aromatic rings. The number of H-pyrrole nitrogens is 1. The maximum atomic E-state index is 13.4. The molecule has 4 bridgehead atoms. The summed E-state index contributed by atoms with van der Waals surface area (Å²) in [4.78, 5) is 50.0. The zero-order chi connectivity index (χ0) is 44.1. The highest BCUT2D eigenvalue weighted by molar-refractivity contribution is 7.19. The van der Waals surface area contributed by atoms with Crippen molar-refractivity contribution in [3.8, 4) is 11.3 Å². The minimum atomic E-state index is -0.750. The smallest absolute Gasteiger partial charge is 0.425 e. The van der Waals surface area contributed by atoms with E-state index in [0.717, 1.165) is 67.7 Å². The average molecular weight is 898 g/mol. The molecule has 0 atom stereocenters. The van der Waals surface area contributed by atoms with Gasteiger partial charge in [0.15, 0.2) is 5.78 Å². The second kappa shape index (κ2) is 18.7. The van der Waals surface area contributed by atoms with Crippen LogP contribution in [0.5, 0.6) is 0 Å². The number of halogens is 1. The quantitative estimate of drug-likeness (QED) is 0.0617. The van der Waals surface area contributed by atoms with Gasteiger partial charge in [-0.05, 0) is 175 Å². The van der Waals surface area contributed by atoms with Crippen molar-refractivity contribution in [2.45, 2.75) is 156 Å². The standard InChI is InChI=1S/C24H28N2OS.C15H24BN3O2S.C10H12O.ClH/c1-14-9-15(2)11-16(10-14)20-12-17-13-21(28-22(17)25-20)24(3,4)23(27)26-18-5-6-19(26)8-7-18;1-15(2,12-8-9-13(22-12)19(17)16(3)21)14(20)18-10-4-5-11(18)7-6-10;1-7-4-8(2)6-10(5-7)9(3)11;/h9-13,18-19,25H,5-8H2,1-4H3;8-11,21H,4-7,17H2,1-3H3;4-6H,1-3H3;1H. The van der Waals surface area contributed by atoms with E-state index in [1.807, 2.05) is 52.0 Å². The van der Waals surface area contributed by atoms with E-state index in [4.69, 9.17) is 5.84 Å². The van der Waals surface area contributed by atoms with Crippen LogP contribution in [-0.4, -0.2) is 68.6 Å². The van der Waals surface area contributed by atoms with Gasteiger partial charge in [-0.1, -0.05) is 34.4 Å². The number of hydrogen-bond acceptors (Lipinski definition) is 8. The first-order valence-electron chi connectivity index (χ1n) is 22.0. The molecule has 13 heteroatoms. The molecule has 7 heterocycles. The van der Waals surface area contributed by atoms with Crippen LogP contribution in [0.1, 0.15) is 128 Å². The third kappa shape index (κ3) is 9.60. The van der Waals surface area contributed by atoms with E-state index < -0.39 is 17.9 Å². The first-order valence-corrected chi connectivity index (χ1v) is 23.7. The molecule has 4 aliphatic rings.